The number of aliphatic hydroxyl groups excluding tert-OH is 1. The van der Waals surface area contributed by atoms with Gasteiger partial charge in [0.2, 0.25) is 0 Å². The Morgan fingerprint density at radius 3 is 2.72 bits per heavy atom. The van der Waals surface area contributed by atoms with E-state index in [1.807, 2.05) is 12.1 Å². The second-order valence-corrected chi connectivity index (χ2v) is 6.86. The second kappa shape index (κ2) is 9.76. The third-order valence-electron chi connectivity index (χ3n) is 4.67. The molecule has 2 aromatic rings. The van der Waals surface area contributed by atoms with Crippen LogP contribution in [0.2, 0.25) is 0 Å². The molecule has 0 saturated carbocycles. The number of aliphatic hydroxyl groups is 1. The Labute approximate surface area is 151 Å². The molecule has 25 heavy (non-hydrogen) atoms. The van der Waals surface area contributed by atoms with E-state index >= 15 is 0 Å². The summed E-state index contributed by atoms with van der Waals surface area (Å²) in [5, 5.41) is 10.4. The van der Waals surface area contributed by atoms with Crippen LogP contribution in [0.5, 0.6) is 0 Å². The maximum absolute atomic E-state index is 10.4. The lowest BCUT2D eigenvalue weighted by Gasteiger charge is -2.31. The van der Waals surface area contributed by atoms with Gasteiger partial charge in [0.15, 0.2) is 0 Å². The number of hydrogen-bond acceptors (Lipinski definition) is 4. The summed E-state index contributed by atoms with van der Waals surface area (Å²) in [6.45, 7) is 10.8. The quantitative estimate of drug-likeness (QED) is 0.705. The molecule has 4 nitrogen and oxygen atoms in total. The molecule has 2 rings (SSSR count). The summed E-state index contributed by atoms with van der Waals surface area (Å²) in [6.07, 6.45) is 2.16. The van der Waals surface area contributed by atoms with Gasteiger partial charge in [0.25, 0.3) is 0 Å². The van der Waals surface area contributed by atoms with Crippen molar-refractivity contribution in [2.75, 3.05) is 13.2 Å². The van der Waals surface area contributed by atoms with E-state index in [-0.39, 0.29) is 0 Å². The molecule has 2 atom stereocenters. The van der Waals surface area contributed by atoms with Gasteiger partial charge >= 0.3 is 0 Å². The van der Waals surface area contributed by atoms with E-state index in [1.165, 1.54) is 16.7 Å². The van der Waals surface area contributed by atoms with Crippen LogP contribution in [0.1, 0.15) is 42.7 Å². The fourth-order valence-corrected chi connectivity index (χ4v) is 2.86. The van der Waals surface area contributed by atoms with Crippen molar-refractivity contribution in [3.8, 4) is 0 Å². The maximum Gasteiger partial charge on any atom is 0.129 e. The minimum atomic E-state index is -0.519. The molecule has 0 saturated heterocycles. The molecular formula is C21H31NO3. The van der Waals surface area contributed by atoms with Crippen molar-refractivity contribution in [1.29, 1.82) is 0 Å². The van der Waals surface area contributed by atoms with Gasteiger partial charge in [-0.1, -0.05) is 30.7 Å². The molecule has 1 aromatic heterocycles. The van der Waals surface area contributed by atoms with E-state index in [1.54, 1.807) is 6.26 Å². The Balaban J connectivity index is 1.91. The lowest BCUT2D eigenvalue weighted by Crippen LogP contribution is -2.40. The molecule has 1 heterocycles. The average molecular weight is 345 g/mol. The zero-order valence-electron chi connectivity index (χ0n) is 15.9. The van der Waals surface area contributed by atoms with Gasteiger partial charge in [-0.3, -0.25) is 4.90 Å². The van der Waals surface area contributed by atoms with Crippen LogP contribution in [0.25, 0.3) is 0 Å². The molecule has 0 fully saturated rings. The third-order valence-corrected chi connectivity index (χ3v) is 4.67. The number of aryl methyl sites for hydroxylation is 2. The molecule has 0 radical (unpaired) electrons. The summed E-state index contributed by atoms with van der Waals surface area (Å²) >= 11 is 0. The Kier molecular flexibility index (Phi) is 7.69. The molecule has 4 heteroatoms. The molecule has 0 aliphatic rings. The highest BCUT2D eigenvalue weighted by molar-refractivity contribution is 5.30. The molecule has 0 aliphatic carbocycles. The van der Waals surface area contributed by atoms with Crippen molar-refractivity contribution < 1.29 is 14.3 Å². The predicted molar refractivity (Wildman–Crippen MR) is 100 cm³/mol. The molecule has 0 amide bonds. The van der Waals surface area contributed by atoms with Crippen molar-refractivity contribution in [2.45, 2.75) is 59.4 Å². The minimum Gasteiger partial charge on any atom is -0.467 e. The van der Waals surface area contributed by atoms with Gasteiger partial charge in [0, 0.05) is 19.1 Å². The first-order valence-electron chi connectivity index (χ1n) is 9.08. The molecule has 138 valence electrons. The zero-order chi connectivity index (χ0) is 18.2. The van der Waals surface area contributed by atoms with Crippen LogP contribution >= 0.6 is 0 Å². The van der Waals surface area contributed by atoms with Gasteiger partial charge in [-0.15, -0.1) is 0 Å². The Hall–Kier alpha value is -1.62. The highest BCUT2D eigenvalue weighted by Gasteiger charge is 2.18. The first-order chi connectivity index (χ1) is 12.0. The van der Waals surface area contributed by atoms with Gasteiger partial charge in [-0.05, 0) is 50.5 Å². The Bertz CT molecular complexity index is 624. The van der Waals surface area contributed by atoms with Crippen molar-refractivity contribution in [3.63, 3.8) is 0 Å². The lowest BCUT2D eigenvalue weighted by molar-refractivity contribution is -0.00275. The number of furan rings is 1. The number of ether oxygens (including phenoxy) is 1. The number of nitrogens with zero attached hydrogens (tertiary/aromatic N) is 1. The van der Waals surface area contributed by atoms with Crippen LogP contribution in [0.3, 0.4) is 0 Å². The fraction of sp³-hybridized carbons (Fsp3) is 0.524. The molecule has 1 N–H and O–H groups in total. The Morgan fingerprint density at radius 2 is 2.04 bits per heavy atom. The molecule has 0 bridgehead atoms. The predicted octanol–water partition coefficient (Wildman–Crippen LogP) is 4.07. The normalized spacial score (nSPS) is 14.0. The topological polar surface area (TPSA) is 45.8 Å². The van der Waals surface area contributed by atoms with Crippen molar-refractivity contribution in [2.24, 2.45) is 0 Å². The maximum atomic E-state index is 10.4. The first kappa shape index (κ1) is 19.7. The summed E-state index contributed by atoms with van der Waals surface area (Å²) in [4.78, 5) is 2.34. The first-order valence-corrected chi connectivity index (χ1v) is 9.08. The summed E-state index contributed by atoms with van der Waals surface area (Å²) in [7, 11) is 0. The van der Waals surface area contributed by atoms with Crippen LogP contribution in [-0.2, 0) is 17.9 Å². The second-order valence-electron chi connectivity index (χ2n) is 6.86. The number of benzene rings is 1. The number of rotatable bonds is 10. The van der Waals surface area contributed by atoms with E-state index in [9.17, 15) is 5.11 Å². The van der Waals surface area contributed by atoms with E-state index in [2.05, 4.69) is 50.8 Å². The minimum absolute atomic E-state index is 0.306. The summed E-state index contributed by atoms with van der Waals surface area (Å²) in [5.74, 6) is 0.779. The van der Waals surface area contributed by atoms with Gasteiger partial charge in [0.1, 0.15) is 12.4 Å². The molecular weight excluding hydrogens is 314 g/mol. The summed E-state index contributed by atoms with van der Waals surface area (Å²) in [5.41, 5.74) is 3.89. The fourth-order valence-electron chi connectivity index (χ4n) is 2.86. The molecule has 0 unspecified atom stereocenters. The summed E-state index contributed by atoms with van der Waals surface area (Å²) < 4.78 is 10.8. The van der Waals surface area contributed by atoms with Gasteiger partial charge < -0.3 is 14.3 Å². The van der Waals surface area contributed by atoms with Gasteiger partial charge in [-0.2, -0.15) is 0 Å². The van der Waals surface area contributed by atoms with E-state index in [0.29, 0.717) is 25.8 Å². The molecule has 0 aliphatic heterocycles. The van der Waals surface area contributed by atoms with Gasteiger partial charge in [0.05, 0.1) is 19.0 Å². The van der Waals surface area contributed by atoms with Gasteiger partial charge in [-0.25, -0.2) is 0 Å². The number of hydrogen-bond donors (Lipinski definition) is 1. The smallest absolute Gasteiger partial charge is 0.129 e. The van der Waals surface area contributed by atoms with Crippen molar-refractivity contribution in [1.82, 2.24) is 4.90 Å². The third kappa shape index (κ3) is 6.31. The molecule has 0 spiro atoms. The lowest BCUT2D eigenvalue weighted by atomic mass is 10.0. The standard InChI is InChI=1S/C21H31NO3/c1-5-18(4)22(12-19-11-16(2)8-9-17(19)3)13-20(23)14-24-15-21-7-6-10-25-21/h6-11,18,20,23H,5,12-15H2,1-4H3/t18-,20-/m1/s1. The van der Waals surface area contributed by atoms with E-state index in [0.717, 1.165) is 18.7 Å². The van der Waals surface area contributed by atoms with Crippen LogP contribution in [0, 0.1) is 13.8 Å². The van der Waals surface area contributed by atoms with Crippen molar-refractivity contribution in [3.05, 3.63) is 59.0 Å². The van der Waals surface area contributed by atoms with E-state index in [4.69, 9.17) is 9.15 Å². The SMILES string of the molecule is CC[C@@H](C)N(Cc1cc(C)ccc1C)C[C@@H](O)COCc1ccco1. The van der Waals surface area contributed by atoms with E-state index < -0.39 is 6.10 Å². The highest BCUT2D eigenvalue weighted by atomic mass is 16.5. The zero-order valence-corrected chi connectivity index (χ0v) is 15.9. The highest BCUT2D eigenvalue weighted by Crippen LogP contribution is 2.17. The van der Waals surface area contributed by atoms with Crippen molar-refractivity contribution >= 4 is 0 Å². The van der Waals surface area contributed by atoms with Crippen LogP contribution < -0.4 is 0 Å². The van der Waals surface area contributed by atoms with Crippen LogP contribution in [-0.4, -0.2) is 35.3 Å². The monoisotopic (exact) mass is 345 g/mol. The summed E-state index contributed by atoms with van der Waals surface area (Å²) in [6, 6.07) is 10.7. The Morgan fingerprint density at radius 1 is 1.24 bits per heavy atom. The van der Waals surface area contributed by atoms with Crippen LogP contribution in [0.15, 0.2) is 41.0 Å². The average Bonchev–Trinajstić information content (AvgIpc) is 3.10. The molecule has 1 aromatic carbocycles. The largest absolute Gasteiger partial charge is 0.467 e. The van der Waals surface area contributed by atoms with Crippen LogP contribution in [0.4, 0.5) is 0 Å².